The lowest BCUT2D eigenvalue weighted by molar-refractivity contribution is -0.870. The number of likely N-dealkylation sites (N-methyl/N-ethyl adjacent to an activating group) is 1. The number of carboxylic acid groups (broad SMARTS) is 1. The number of nitriles is 1. The average Bonchev–Trinajstić information content (AvgIpc) is 3.36. The van der Waals surface area contributed by atoms with Crippen molar-refractivity contribution in [3.8, 4) is 6.07 Å². The summed E-state index contributed by atoms with van der Waals surface area (Å²) >= 11 is 0. The van der Waals surface area contributed by atoms with Crippen LogP contribution in [0.5, 0.6) is 0 Å². The Bertz CT molecular complexity index is 1730. The number of rotatable bonds is 7. The molecule has 2 heterocycles. The first kappa shape index (κ1) is 33.6. The van der Waals surface area contributed by atoms with Crippen molar-refractivity contribution in [3.05, 3.63) is 85.7 Å². The molecule has 0 amide bonds. The van der Waals surface area contributed by atoms with Crippen molar-refractivity contribution in [2.75, 3.05) is 39.7 Å². The molecular weight excluding hydrogens is 581 g/mol. The Balaban J connectivity index is 0.000000978. The summed E-state index contributed by atoms with van der Waals surface area (Å²) in [5, 5.41) is 25.2. The second-order valence-corrected chi connectivity index (χ2v) is 11.1. The van der Waals surface area contributed by atoms with Gasteiger partial charge in [-0.3, -0.25) is 4.90 Å². The third-order valence-corrected chi connectivity index (χ3v) is 7.05. The molecule has 0 aliphatic carbocycles. The average molecular weight is 615 g/mol. The van der Waals surface area contributed by atoms with E-state index < -0.39 is 52.4 Å². The number of anilines is 2. The number of nitrogens with zero attached hydrogens (tertiary/aromatic N) is 5. The van der Waals surface area contributed by atoms with Crippen LogP contribution in [0.4, 0.5) is 24.8 Å². The van der Waals surface area contributed by atoms with E-state index >= 15 is 4.39 Å². The van der Waals surface area contributed by atoms with Crippen LogP contribution in [0.1, 0.15) is 48.6 Å². The van der Waals surface area contributed by atoms with Crippen molar-refractivity contribution >= 4 is 23.6 Å². The highest BCUT2D eigenvalue weighted by Gasteiger charge is 2.41. The number of ether oxygens (including phenoxy) is 1. The molecule has 1 aliphatic heterocycles. The molecule has 3 aromatic rings. The zero-order valence-corrected chi connectivity index (χ0v) is 25.4. The zero-order valence-electron chi connectivity index (χ0n) is 25.4. The number of nitrogens with one attached hydrogen (secondary N) is 1. The van der Waals surface area contributed by atoms with Gasteiger partial charge in [0.1, 0.15) is 6.04 Å². The summed E-state index contributed by atoms with van der Waals surface area (Å²) < 4.78 is 50.7. The SMILES string of the molecule is CCC(=O)[O-].COC(=O)C1=C(C)N(c2cc(F)c(F)c(C)c2F)c2n[nH]c(=O)n2C1c1ccc(C#N)cc1CC[N+](C)(C)C. The molecule has 1 N–H and O–H groups in total. The number of hydrogen-bond donors (Lipinski definition) is 1. The first-order chi connectivity index (χ1) is 20.6. The van der Waals surface area contributed by atoms with Crippen LogP contribution in [-0.2, 0) is 20.7 Å². The Morgan fingerprint density at radius 3 is 2.34 bits per heavy atom. The first-order valence-electron chi connectivity index (χ1n) is 13.5. The van der Waals surface area contributed by atoms with Crippen molar-refractivity contribution in [2.24, 2.45) is 0 Å². The summed E-state index contributed by atoms with van der Waals surface area (Å²) in [5.41, 5.74) is -0.0245. The monoisotopic (exact) mass is 614 g/mol. The van der Waals surface area contributed by atoms with Crippen LogP contribution in [-0.4, -0.2) is 66.0 Å². The molecule has 44 heavy (non-hydrogen) atoms. The second-order valence-electron chi connectivity index (χ2n) is 11.1. The van der Waals surface area contributed by atoms with Gasteiger partial charge in [0, 0.05) is 29.7 Å². The zero-order chi connectivity index (χ0) is 33.1. The highest BCUT2D eigenvalue weighted by molar-refractivity contribution is 5.93. The highest BCUT2D eigenvalue weighted by Crippen LogP contribution is 2.44. The second kappa shape index (κ2) is 13.2. The van der Waals surface area contributed by atoms with Gasteiger partial charge in [-0.1, -0.05) is 13.0 Å². The van der Waals surface area contributed by atoms with E-state index in [1.54, 1.807) is 18.2 Å². The van der Waals surface area contributed by atoms with Crippen molar-refractivity contribution in [2.45, 2.75) is 39.7 Å². The van der Waals surface area contributed by atoms with Gasteiger partial charge in [0.2, 0.25) is 5.95 Å². The smallest absolute Gasteiger partial charge is 0.345 e. The Hall–Kier alpha value is -4.90. The molecule has 1 aromatic heterocycles. The quantitative estimate of drug-likeness (QED) is 0.243. The van der Waals surface area contributed by atoms with Crippen LogP contribution in [0.3, 0.4) is 0 Å². The summed E-state index contributed by atoms with van der Waals surface area (Å²) in [6, 6.07) is 6.62. The number of aromatic amines is 1. The van der Waals surface area contributed by atoms with Gasteiger partial charge >= 0.3 is 11.7 Å². The predicted molar refractivity (Wildman–Crippen MR) is 152 cm³/mol. The minimum absolute atomic E-state index is 0.0357. The summed E-state index contributed by atoms with van der Waals surface area (Å²) in [4.78, 5) is 36.8. The molecule has 0 fully saturated rings. The topological polar surface area (TPSA) is 144 Å². The first-order valence-corrected chi connectivity index (χ1v) is 13.5. The van der Waals surface area contributed by atoms with Crippen molar-refractivity contribution in [3.63, 3.8) is 0 Å². The maximum absolute atomic E-state index is 15.3. The van der Waals surface area contributed by atoms with E-state index in [0.717, 1.165) is 23.5 Å². The molecule has 0 saturated heterocycles. The third-order valence-electron chi connectivity index (χ3n) is 7.05. The molecular formula is C30H33F3N6O5. The number of halogens is 3. The van der Waals surface area contributed by atoms with Crippen LogP contribution in [0, 0.1) is 35.7 Å². The standard InChI is InChI=1S/C27H27F3N6O3.C3H6O2/c1-14-22(29)19(28)12-20(23(14)30)34-15(2)21(25(37)39-6)24(35-26(34)32-33-27(35)38)18-8-7-16(13-31)11-17(18)9-10-36(3,4)5;1-2-3(4)5/h7-8,11-12,24H,9-10H2,1-6H3;2H2,1H3,(H,4,5). The molecule has 0 spiro atoms. The number of carbonyl (C=O) groups is 2. The molecule has 0 bridgehead atoms. The molecule has 1 aliphatic rings. The van der Waals surface area contributed by atoms with Gasteiger partial charge in [0.25, 0.3) is 0 Å². The number of carbonyl (C=O) groups excluding carboxylic acids is 2. The number of fused-ring (bicyclic) bond motifs is 1. The molecule has 11 nitrogen and oxygen atoms in total. The number of benzene rings is 2. The number of aromatic nitrogens is 3. The fourth-order valence-electron chi connectivity index (χ4n) is 4.73. The molecule has 4 rings (SSSR count). The fraction of sp³-hybridized carbons (Fsp3) is 0.367. The van der Waals surface area contributed by atoms with E-state index in [4.69, 9.17) is 4.74 Å². The van der Waals surface area contributed by atoms with E-state index in [2.05, 4.69) is 16.3 Å². The number of carboxylic acids is 1. The van der Waals surface area contributed by atoms with E-state index in [0.29, 0.717) is 40.2 Å². The molecule has 1 unspecified atom stereocenters. The van der Waals surface area contributed by atoms with Gasteiger partial charge in [-0.25, -0.2) is 32.4 Å². The van der Waals surface area contributed by atoms with Gasteiger partial charge in [-0.15, -0.1) is 5.10 Å². The number of allylic oxidation sites excluding steroid dienone is 1. The Morgan fingerprint density at radius 1 is 1.16 bits per heavy atom. The lowest BCUT2D eigenvalue weighted by atomic mass is 9.89. The van der Waals surface area contributed by atoms with E-state index in [1.807, 2.05) is 21.1 Å². The number of hydrogen-bond acceptors (Lipinski definition) is 8. The van der Waals surface area contributed by atoms with Gasteiger partial charge in [0.15, 0.2) is 17.5 Å². The molecule has 1 atom stereocenters. The van der Waals surface area contributed by atoms with E-state index in [9.17, 15) is 33.5 Å². The summed E-state index contributed by atoms with van der Waals surface area (Å²) in [7, 11) is 7.19. The van der Waals surface area contributed by atoms with Crippen LogP contribution in [0.2, 0.25) is 0 Å². The van der Waals surface area contributed by atoms with Crippen LogP contribution in [0.15, 0.2) is 40.3 Å². The number of quaternary nitrogens is 1. The maximum atomic E-state index is 15.3. The minimum Gasteiger partial charge on any atom is -0.550 e. The normalized spacial score (nSPS) is 14.4. The summed E-state index contributed by atoms with van der Waals surface area (Å²) in [6.07, 6.45) is 0.612. The van der Waals surface area contributed by atoms with Gasteiger partial charge in [0.05, 0.1) is 57.7 Å². The fourth-order valence-corrected chi connectivity index (χ4v) is 4.73. The van der Waals surface area contributed by atoms with Gasteiger partial charge in [-0.05, 0) is 43.5 Å². The van der Waals surface area contributed by atoms with Crippen LogP contribution in [0.25, 0.3) is 0 Å². The van der Waals surface area contributed by atoms with Gasteiger partial charge in [-0.2, -0.15) is 5.26 Å². The summed E-state index contributed by atoms with van der Waals surface area (Å²) in [6.45, 7) is 4.77. The van der Waals surface area contributed by atoms with Crippen molar-refractivity contribution in [1.82, 2.24) is 14.8 Å². The predicted octanol–water partition coefficient (Wildman–Crippen LogP) is 2.75. The van der Waals surface area contributed by atoms with Gasteiger partial charge < -0.3 is 19.1 Å². The van der Waals surface area contributed by atoms with Crippen LogP contribution < -0.4 is 15.7 Å². The minimum atomic E-state index is -1.35. The molecule has 2 aromatic carbocycles. The Labute approximate surface area is 252 Å². The largest absolute Gasteiger partial charge is 0.550 e. The number of methoxy groups -OCH3 is 1. The number of esters is 1. The molecule has 0 saturated carbocycles. The van der Waals surface area contributed by atoms with Crippen molar-refractivity contribution < 1.29 is 37.1 Å². The Morgan fingerprint density at radius 2 is 1.80 bits per heavy atom. The van der Waals surface area contributed by atoms with E-state index in [1.165, 1.54) is 13.8 Å². The lowest BCUT2D eigenvalue weighted by Gasteiger charge is -2.36. The lowest BCUT2D eigenvalue weighted by Crippen LogP contribution is -2.39. The third kappa shape index (κ3) is 6.68. The Kier molecular flexibility index (Phi) is 10.1. The maximum Gasteiger partial charge on any atom is 0.345 e. The summed E-state index contributed by atoms with van der Waals surface area (Å²) in [5.74, 6) is -5.69. The molecule has 14 heteroatoms. The number of aliphatic carboxylic acids is 1. The highest BCUT2D eigenvalue weighted by atomic mass is 19.2. The molecule has 0 radical (unpaired) electrons. The van der Waals surface area contributed by atoms with Crippen LogP contribution >= 0.6 is 0 Å². The molecule has 234 valence electrons. The van der Waals surface area contributed by atoms with Crippen molar-refractivity contribution in [1.29, 1.82) is 5.26 Å². The number of H-pyrrole nitrogens is 1. The van der Waals surface area contributed by atoms with E-state index in [-0.39, 0.29) is 23.6 Å².